The molecule has 0 spiro atoms. The number of halogens is 1. The number of hydrogen-bond donors (Lipinski definition) is 0. The van der Waals surface area contributed by atoms with E-state index in [0.717, 1.165) is 29.1 Å². The zero-order valence-corrected chi connectivity index (χ0v) is 12.3. The molecule has 4 nitrogen and oxygen atoms in total. The minimum Gasteiger partial charge on any atom is -0.310 e. The predicted octanol–water partition coefficient (Wildman–Crippen LogP) is 3.68. The van der Waals surface area contributed by atoms with Crippen LogP contribution in [0.15, 0.2) is 30.5 Å². The summed E-state index contributed by atoms with van der Waals surface area (Å²) in [5.74, 6) is 0.845. The largest absolute Gasteiger partial charge is 0.310 e. The molecule has 3 aromatic rings. The maximum absolute atomic E-state index is 13.0. The summed E-state index contributed by atoms with van der Waals surface area (Å²) >= 11 is 0. The van der Waals surface area contributed by atoms with Gasteiger partial charge in [-0.1, -0.05) is 13.8 Å². The molecule has 1 atom stereocenters. The summed E-state index contributed by atoms with van der Waals surface area (Å²) in [5.41, 5.74) is 3.17. The number of fused-ring (bicyclic) bond motifs is 1. The highest BCUT2D eigenvalue weighted by Gasteiger charge is 2.14. The highest BCUT2D eigenvalue weighted by molar-refractivity contribution is 5.73. The number of rotatable bonds is 3. The first-order valence-electron chi connectivity index (χ1n) is 7.05. The first-order valence-corrected chi connectivity index (χ1v) is 7.05. The Kier molecular flexibility index (Phi) is 3.41. The Hall–Kier alpha value is -2.30. The Morgan fingerprint density at radius 2 is 1.90 bits per heavy atom. The van der Waals surface area contributed by atoms with Crippen LogP contribution in [0.5, 0.6) is 0 Å². The fourth-order valence-electron chi connectivity index (χ4n) is 2.28. The lowest BCUT2D eigenvalue weighted by molar-refractivity contribution is 0.628. The average molecular weight is 284 g/mol. The van der Waals surface area contributed by atoms with Crippen LogP contribution in [-0.2, 0) is 7.05 Å². The average Bonchev–Trinajstić information content (AvgIpc) is 2.84. The van der Waals surface area contributed by atoms with Crippen molar-refractivity contribution >= 4 is 11.3 Å². The summed E-state index contributed by atoms with van der Waals surface area (Å²) in [4.78, 5) is 13.6. The molecule has 0 aliphatic rings. The van der Waals surface area contributed by atoms with Crippen LogP contribution in [0.25, 0.3) is 22.7 Å². The van der Waals surface area contributed by atoms with Crippen molar-refractivity contribution in [1.82, 2.24) is 19.5 Å². The Balaban J connectivity index is 2.12. The molecule has 0 bridgehead atoms. The van der Waals surface area contributed by atoms with E-state index in [2.05, 4.69) is 28.8 Å². The molecule has 0 radical (unpaired) electrons. The minimum atomic E-state index is -0.257. The van der Waals surface area contributed by atoms with E-state index in [1.54, 1.807) is 12.1 Å². The van der Waals surface area contributed by atoms with Crippen LogP contribution < -0.4 is 0 Å². The molecular weight excluding hydrogens is 267 g/mol. The molecule has 1 aromatic carbocycles. The van der Waals surface area contributed by atoms with Gasteiger partial charge in [0.15, 0.2) is 11.3 Å². The third-order valence-corrected chi connectivity index (χ3v) is 3.82. The van der Waals surface area contributed by atoms with Gasteiger partial charge in [0.25, 0.3) is 0 Å². The number of imidazole rings is 1. The fraction of sp³-hybridized carbons (Fsp3) is 0.312. The van der Waals surface area contributed by atoms with Gasteiger partial charge in [-0.15, -0.1) is 0 Å². The third-order valence-electron chi connectivity index (χ3n) is 3.82. The van der Waals surface area contributed by atoms with Gasteiger partial charge in [-0.2, -0.15) is 0 Å². The molecule has 0 saturated carbocycles. The zero-order chi connectivity index (χ0) is 15.0. The van der Waals surface area contributed by atoms with Gasteiger partial charge in [-0.05, 0) is 36.6 Å². The summed E-state index contributed by atoms with van der Waals surface area (Å²) in [5, 5.41) is 0. The summed E-state index contributed by atoms with van der Waals surface area (Å²) in [6.45, 7) is 4.25. The monoisotopic (exact) mass is 284 g/mol. The lowest BCUT2D eigenvalue weighted by Gasteiger charge is -2.06. The minimum absolute atomic E-state index is 0.257. The summed E-state index contributed by atoms with van der Waals surface area (Å²) < 4.78 is 14.9. The maximum Gasteiger partial charge on any atom is 0.198 e. The molecule has 0 aliphatic carbocycles. The summed E-state index contributed by atoms with van der Waals surface area (Å²) in [6.07, 6.45) is 2.82. The van der Waals surface area contributed by atoms with Gasteiger partial charge in [0, 0.05) is 12.6 Å². The molecule has 2 heterocycles. The second-order valence-corrected chi connectivity index (χ2v) is 5.25. The standard InChI is InChI=1S/C16H17FN4/c1-4-10(2)13-9-18-16-14(19-13)20-15(21(16)3)11-5-7-12(17)8-6-11/h5-10H,4H2,1-3H3. The van der Waals surface area contributed by atoms with Crippen molar-refractivity contribution in [2.75, 3.05) is 0 Å². The molecule has 0 N–H and O–H groups in total. The fourth-order valence-corrected chi connectivity index (χ4v) is 2.28. The molecule has 5 heteroatoms. The number of hydrogen-bond acceptors (Lipinski definition) is 3. The van der Waals surface area contributed by atoms with Crippen LogP contribution in [0.4, 0.5) is 4.39 Å². The van der Waals surface area contributed by atoms with Gasteiger partial charge in [-0.25, -0.2) is 19.3 Å². The Morgan fingerprint density at radius 3 is 2.57 bits per heavy atom. The molecule has 0 fully saturated rings. The maximum atomic E-state index is 13.0. The van der Waals surface area contributed by atoms with E-state index < -0.39 is 0 Å². The van der Waals surface area contributed by atoms with Crippen LogP contribution in [0.1, 0.15) is 31.9 Å². The topological polar surface area (TPSA) is 43.6 Å². The van der Waals surface area contributed by atoms with Crippen molar-refractivity contribution in [2.24, 2.45) is 7.05 Å². The van der Waals surface area contributed by atoms with Crippen LogP contribution in [0.2, 0.25) is 0 Å². The predicted molar refractivity (Wildman–Crippen MR) is 80.4 cm³/mol. The first kappa shape index (κ1) is 13.7. The smallest absolute Gasteiger partial charge is 0.198 e. The van der Waals surface area contributed by atoms with Crippen LogP contribution >= 0.6 is 0 Å². The normalized spacial score (nSPS) is 12.8. The van der Waals surface area contributed by atoms with E-state index >= 15 is 0 Å². The van der Waals surface area contributed by atoms with E-state index in [9.17, 15) is 4.39 Å². The summed E-state index contributed by atoms with van der Waals surface area (Å²) in [6, 6.07) is 6.29. The Morgan fingerprint density at radius 1 is 1.19 bits per heavy atom. The SMILES string of the molecule is CCC(C)c1cnc2c(n1)nc(-c1ccc(F)cc1)n2C. The van der Waals surface area contributed by atoms with E-state index in [4.69, 9.17) is 0 Å². The second kappa shape index (κ2) is 5.24. The van der Waals surface area contributed by atoms with Crippen LogP contribution in [-0.4, -0.2) is 19.5 Å². The van der Waals surface area contributed by atoms with Gasteiger partial charge < -0.3 is 4.57 Å². The molecule has 108 valence electrons. The Labute approximate surface area is 122 Å². The first-order chi connectivity index (χ1) is 10.1. The highest BCUT2D eigenvalue weighted by atomic mass is 19.1. The second-order valence-electron chi connectivity index (χ2n) is 5.25. The number of aryl methyl sites for hydroxylation is 1. The van der Waals surface area contributed by atoms with Crippen molar-refractivity contribution in [3.05, 3.63) is 42.0 Å². The number of benzene rings is 1. The van der Waals surface area contributed by atoms with Crippen LogP contribution in [0.3, 0.4) is 0 Å². The van der Waals surface area contributed by atoms with E-state index in [1.165, 1.54) is 12.1 Å². The van der Waals surface area contributed by atoms with Crippen molar-refractivity contribution in [1.29, 1.82) is 0 Å². The van der Waals surface area contributed by atoms with Crippen molar-refractivity contribution in [3.63, 3.8) is 0 Å². The molecular formula is C16H17FN4. The molecule has 3 rings (SSSR count). The number of aromatic nitrogens is 4. The van der Waals surface area contributed by atoms with Gasteiger partial charge in [0.1, 0.15) is 11.6 Å². The molecule has 1 unspecified atom stereocenters. The van der Waals surface area contributed by atoms with E-state index in [-0.39, 0.29) is 5.82 Å². The van der Waals surface area contributed by atoms with Gasteiger partial charge in [0.2, 0.25) is 0 Å². The summed E-state index contributed by atoms with van der Waals surface area (Å²) in [7, 11) is 1.89. The quantitative estimate of drug-likeness (QED) is 0.737. The van der Waals surface area contributed by atoms with Crippen molar-refractivity contribution in [2.45, 2.75) is 26.2 Å². The molecule has 2 aromatic heterocycles. The van der Waals surface area contributed by atoms with Crippen molar-refractivity contribution in [3.8, 4) is 11.4 Å². The number of nitrogens with zero attached hydrogens (tertiary/aromatic N) is 4. The zero-order valence-electron chi connectivity index (χ0n) is 12.3. The lowest BCUT2D eigenvalue weighted by Crippen LogP contribution is -1.98. The third kappa shape index (κ3) is 2.39. The molecule has 0 amide bonds. The van der Waals surface area contributed by atoms with Crippen LogP contribution in [0, 0.1) is 5.82 Å². The Bertz CT molecular complexity index is 777. The van der Waals surface area contributed by atoms with E-state index in [1.807, 2.05) is 17.8 Å². The molecule has 21 heavy (non-hydrogen) atoms. The molecule has 0 saturated heterocycles. The van der Waals surface area contributed by atoms with Gasteiger partial charge in [-0.3, -0.25) is 0 Å². The highest BCUT2D eigenvalue weighted by Crippen LogP contribution is 2.23. The molecule has 0 aliphatic heterocycles. The van der Waals surface area contributed by atoms with E-state index in [0.29, 0.717) is 11.6 Å². The van der Waals surface area contributed by atoms with Crippen molar-refractivity contribution < 1.29 is 4.39 Å². The van der Waals surface area contributed by atoms with Gasteiger partial charge in [0.05, 0.1) is 11.9 Å². The van der Waals surface area contributed by atoms with Gasteiger partial charge >= 0.3 is 0 Å². The lowest BCUT2D eigenvalue weighted by atomic mass is 10.1.